The van der Waals surface area contributed by atoms with Gasteiger partial charge in [0, 0.05) is 31.1 Å². The van der Waals surface area contributed by atoms with Crippen molar-refractivity contribution >= 4 is 38.9 Å². The fraction of sp³-hybridized carbons (Fsp3) is 0.643. The molecule has 0 saturated carbocycles. The largest absolute Gasteiger partial charge is 0.341 e. The Bertz CT molecular complexity index is 615. The smallest absolute Gasteiger partial charge is 0.227 e. The minimum absolute atomic E-state index is 0.0354. The molecule has 1 fully saturated rings. The van der Waals surface area contributed by atoms with Crippen LogP contribution in [0.25, 0.3) is 0 Å². The van der Waals surface area contributed by atoms with Gasteiger partial charge in [-0.25, -0.2) is 12.7 Å². The summed E-state index contributed by atoms with van der Waals surface area (Å²) in [5, 5.41) is 0. The van der Waals surface area contributed by atoms with Gasteiger partial charge in [0.25, 0.3) is 0 Å². The normalized spacial score (nSPS) is 17.5. The van der Waals surface area contributed by atoms with Crippen molar-refractivity contribution < 1.29 is 13.2 Å². The zero-order valence-corrected chi connectivity index (χ0v) is 15.0. The number of rotatable bonds is 5. The predicted octanol–water partition coefficient (Wildman–Crippen LogP) is 2.22. The van der Waals surface area contributed by atoms with Gasteiger partial charge in [0.1, 0.15) is 0 Å². The standard InChI is InChI=1S/C14H21ClN2O3S2/c1-2-10-22(19,20)17-7-3-6-16(8-9-17)14(18)11-12-4-5-13(15)21-12/h4-5H,2-3,6-11H2,1H3. The molecule has 22 heavy (non-hydrogen) atoms. The van der Waals surface area contributed by atoms with Crippen LogP contribution in [0.5, 0.6) is 0 Å². The summed E-state index contributed by atoms with van der Waals surface area (Å²) in [6.45, 7) is 3.81. The van der Waals surface area contributed by atoms with E-state index in [9.17, 15) is 13.2 Å². The molecule has 0 bridgehead atoms. The Morgan fingerprint density at radius 3 is 2.68 bits per heavy atom. The van der Waals surface area contributed by atoms with Crippen molar-refractivity contribution in [2.45, 2.75) is 26.2 Å². The maximum Gasteiger partial charge on any atom is 0.227 e. The Kier molecular flexibility index (Phi) is 6.26. The molecule has 0 atom stereocenters. The van der Waals surface area contributed by atoms with Crippen LogP contribution in [0.4, 0.5) is 0 Å². The minimum Gasteiger partial charge on any atom is -0.341 e. The summed E-state index contributed by atoms with van der Waals surface area (Å²) in [6, 6.07) is 3.65. The van der Waals surface area contributed by atoms with Crippen molar-refractivity contribution in [3.8, 4) is 0 Å². The Hall–Kier alpha value is -0.630. The Labute approximate surface area is 140 Å². The van der Waals surface area contributed by atoms with Crippen LogP contribution in [0.1, 0.15) is 24.6 Å². The van der Waals surface area contributed by atoms with E-state index in [4.69, 9.17) is 11.6 Å². The lowest BCUT2D eigenvalue weighted by atomic mass is 10.3. The van der Waals surface area contributed by atoms with E-state index in [0.717, 1.165) is 4.88 Å². The third kappa shape index (κ3) is 4.68. The van der Waals surface area contributed by atoms with Crippen molar-refractivity contribution in [3.05, 3.63) is 21.3 Å². The first-order valence-electron chi connectivity index (χ1n) is 7.42. The summed E-state index contributed by atoms with van der Waals surface area (Å²) in [4.78, 5) is 15.0. The van der Waals surface area contributed by atoms with E-state index in [1.165, 1.54) is 15.6 Å². The van der Waals surface area contributed by atoms with Crippen LogP contribution in [0.3, 0.4) is 0 Å². The highest BCUT2D eigenvalue weighted by molar-refractivity contribution is 7.89. The molecule has 0 aliphatic carbocycles. The zero-order chi connectivity index (χ0) is 16.2. The van der Waals surface area contributed by atoms with Crippen molar-refractivity contribution in [1.29, 1.82) is 0 Å². The lowest BCUT2D eigenvalue weighted by Gasteiger charge is -2.21. The van der Waals surface area contributed by atoms with Crippen LogP contribution in [0, 0.1) is 0 Å². The maximum atomic E-state index is 12.3. The van der Waals surface area contributed by atoms with Crippen LogP contribution >= 0.6 is 22.9 Å². The highest BCUT2D eigenvalue weighted by atomic mass is 35.5. The van der Waals surface area contributed by atoms with Crippen LogP contribution in [0.2, 0.25) is 4.34 Å². The number of hydrogen-bond donors (Lipinski definition) is 0. The summed E-state index contributed by atoms with van der Waals surface area (Å²) in [6.07, 6.45) is 1.62. The van der Waals surface area contributed by atoms with Gasteiger partial charge in [0.15, 0.2) is 0 Å². The SMILES string of the molecule is CCCS(=O)(=O)N1CCCN(C(=O)Cc2ccc(Cl)s2)CC1. The van der Waals surface area contributed by atoms with Crippen LogP contribution < -0.4 is 0 Å². The molecule has 124 valence electrons. The molecule has 1 amide bonds. The fourth-order valence-corrected chi connectivity index (χ4v) is 5.14. The van der Waals surface area contributed by atoms with Gasteiger partial charge in [0.05, 0.1) is 16.5 Å². The second kappa shape index (κ2) is 7.77. The van der Waals surface area contributed by atoms with Gasteiger partial charge in [0.2, 0.25) is 15.9 Å². The van der Waals surface area contributed by atoms with Crippen LogP contribution in [-0.2, 0) is 21.2 Å². The average Bonchev–Trinajstić information content (AvgIpc) is 2.72. The molecule has 1 aliphatic heterocycles. The number of carbonyl (C=O) groups excluding carboxylic acids is 1. The second-order valence-electron chi connectivity index (χ2n) is 5.33. The van der Waals surface area contributed by atoms with E-state index in [-0.39, 0.29) is 11.7 Å². The number of sulfonamides is 1. The first-order valence-corrected chi connectivity index (χ1v) is 10.2. The van der Waals surface area contributed by atoms with Gasteiger partial charge in [-0.2, -0.15) is 0 Å². The molecule has 0 radical (unpaired) electrons. The van der Waals surface area contributed by atoms with Gasteiger partial charge in [-0.3, -0.25) is 4.79 Å². The first kappa shape index (κ1) is 17.7. The molecular weight excluding hydrogens is 344 g/mol. The van der Waals surface area contributed by atoms with Crippen molar-refractivity contribution in [3.63, 3.8) is 0 Å². The van der Waals surface area contributed by atoms with Gasteiger partial charge < -0.3 is 4.90 Å². The lowest BCUT2D eigenvalue weighted by molar-refractivity contribution is -0.130. The lowest BCUT2D eigenvalue weighted by Crippen LogP contribution is -2.38. The van der Waals surface area contributed by atoms with Crippen LogP contribution in [0.15, 0.2) is 12.1 Å². The van der Waals surface area contributed by atoms with Crippen LogP contribution in [-0.4, -0.2) is 55.5 Å². The highest BCUT2D eigenvalue weighted by Crippen LogP contribution is 2.22. The Morgan fingerprint density at radius 1 is 1.27 bits per heavy atom. The van der Waals surface area contributed by atoms with Gasteiger partial charge in [-0.15, -0.1) is 11.3 Å². The molecule has 0 spiro atoms. The summed E-state index contributed by atoms with van der Waals surface area (Å²) >= 11 is 7.28. The van der Waals surface area contributed by atoms with Crippen molar-refractivity contribution in [2.75, 3.05) is 31.9 Å². The number of thiophene rings is 1. The highest BCUT2D eigenvalue weighted by Gasteiger charge is 2.26. The number of hydrogen-bond acceptors (Lipinski definition) is 4. The number of halogens is 1. The minimum atomic E-state index is -3.18. The summed E-state index contributed by atoms with van der Waals surface area (Å²) in [7, 11) is -3.18. The molecule has 8 heteroatoms. The molecule has 1 aromatic rings. The number of carbonyl (C=O) groups is 1. The third-order valence-corrected chi connectivity index (χ3v) is 6.92. The molecule has 2 heterocycles. The Balaban J connectivity index is 1.93. The van der Waals surface area contributed by atoms with E-state index >= 15 is 0 Å². The van der Waals surface area contributed by atoms with E-state index < -0.39 is 10.0 Å². The van der Waals surface area contributed by atoms with Gasteiger partial charge in [-0.1, -0.05) is 18.5 Å². The monoisotopic (exact) mass is 364 g/mol. The van der Waals surface area contributed by atoms with E-state index in [1.54, 1.807) is 11.0 Å². The zero-order valence-electron chi connectivity index (χ0n) is 12.6. The predicted molar refractivity (Wildman–Crippen MR) is 89.9 cm³/mol. The second-order valence-corrected chi connectivity index (χ2v) is 9.22. The summed E-state index contributed by atoms with van der Waals surface area (Å²) in [5.41, 5.74) is 0. The molecule has 1 aliphatic rings. The summed E-state index contributed by atoms with van der Waals surface area (Å²) < 4.78 is 26.4. The number of nitrogens with zero attached hydrogens (tertiary/aromatic N) is 2. The van der Waals surface area contributed by atoms with E-state index in [1.807, 2.05) is 13.0 Å². The molecular formula is C14H21ClN2O3S2. The average molecular weight is 365 g/mol. The molecule has 0 N–H and O–H groups in total. The molecule has 1 saturated heterocycles. The maximum absolute atomic E-state index is 12.3. The fourth-order valence-electron chi connectivity index (χ4n) is 2.52. The van der Waals surface area contributed by atoms with Gasteiger partial charge >= 0.3 is 0 Å². The molecule has 0 aromatic carbocycles. The Morgan fingerprint density at radius 2 is 2.05 bits per heavy atom. The van der Waals surface area contributed by atoms with Gasteiger partial charge in [-0.05, 0) is 25.0 Å². The van der Waals surface area contributed by atoms with Crippen molar-refractivity contribution in [1.82, 2.24) is 9.21 Å². The van der Waals surface area contributed by atoms with Crippen molar-refractivity contribution in [2.24, 2.45) is 0 Å². The van der Waals surface area contributed by atoms with E-state index in [0.29, 0.717) is 49.8 Å². The quantitative estimate of drug-likeness (QED) is 0.804. The molecule has 1 aromatic heterocycles. The first-order chi connectivity index (χ1) is 10.4. The third-order valence-electron chi connectivity index (χ3n) is 3.62. The topological polar surface area (TPSA) is 57.7 Å². The molecule has 2 rings (SSSR count). The summed E-state index contributed by atoms with van der Waals surface area (Å²) in [5.74, 6) is 0.211. The molecule has 5 nitrogen and oxygen atoms in total. The van der Waals surface area contributed by atoms with E-state index in [2.05, 4.69) is 0 Å². The number of amides is 1. The molecule has 0 unspecified atom stereocenters.